The van der Waals surface area contributed by atoms with Crippen molar-refractivity contribution in [2.24, 2.45) is 11.1 Å². The van der Waals surface area contributed by atoms with E-state index in [1.54, 1.807) is 0 Å². The van der Waals surface area contributed by atoms with Crippen LogP contribution in [0.15, 0.2) is 18.2 Å². The van der Waals surface area contributed by atoms with Crippen molar-refractivity contribution in [3.05, 3.63) is 23.8 Å². The van der Waals surface area contributed by atoms with Crippen molar-refractivity contribution in [2.45, 2.75) is 52.5 Å². The molecule has 1 aliphatic carbocycles. The summed E-state index contributed by atoms with van der Waals surface area (Å²) in [6, 6.07) is 5.69. The number of hydrogen-bond donors (Lipinski definition) is 2. The first-order valence-corrected chi connectivity index (χ1v) is 7.92. The van der Waals surface area contributed by atoms with Crippen LogP contribution in [-0.4, -0.2) is 12.5 Å². The molecule has 1 aromatic carbocycles. The van der Waals surface area contributed by atoms with Crippen molar-refractivity contribution in [3.8, 4) is 5.75 Å². The average Bonchev–Trinajstić information content (AvgIpc) is 2.99. The molecule has 116 valence electrons. The summed E-state index contributed by atoms with van der Waals surface area (Å²) in [6.45, 7) is 5.06. The Morgan fingerprint density at radius 1 is 1.33 bits per heavy atom. The number of carbonyl (C=O) groups excluding carboxylic acids is 1. The highest BCUT2D eigenvalue weighted by molar-refractivity contribution is 5.95. The monoisotopic (exact) mass is 290 g/mol. The van der Waals surface area contributed by atoms with Crippen LogP contribution in [-0.2, 0) is 11.3 Å². The predicted molar refractivity (Wildman–Crippen MR) is 85.3 cm³/mol. The zero-order chi connectivity index (χ0) is 15.3. The zero-order valence-corrected chi connectivity index (χ0v) is 13.1. The number of benzene rings is 1. The van der Waals surface area contributed by atoms with Gasteiger partial charge < -0.3 is 15.8 Å². The minimum Gasteiger partial charge on any atom is -0.494 e. The number of nitrogens with one attached hydrogen (secondary N) is 1. The van der Waals surface area contributed by atoms with Gasteiger partial charge in [-0.2, -0.15) is 0 Å². The lowest BCUT2D eigenvalue weighted by Gasteiger charge is -2.26. The molecule has 0 radical (unpaired) electrons. The molecule has 1 amide bonds. The smallest absolute Gasteiger partial charge is 0.230 e. The van der Waals surface area contributed by atoms with Crippen LogP contribution in [0.1, 0.15) is 51.5 Å². The average molecular weight is 290 g/mol. The second-order valence-corrected chi connectivity index (χ2v) is 5.75. The molecule has 2 rings (SSSR count). The summed E-state index contributed by atoms with van der Waals surface area (Å²) >= 11 is 0. The van der Waals surface area contributed by atoms with Crippen LogP contribution in [0.5, 0.6) is 5.75 Å². The summed E-state index contributed by atoms with van der Waals surface area (Å²) in [5.41, 5.74) is 7.31. The van der Waals surface area contributed by atoms with Gasteiger partial charge in [0.2, 0.25) is 5.91 Å². The third kappa shape index (κ3) is 3.38. The highest BCUT2D eigenvalue weighted by atomic mass is 16.5. The Balaban J connectivity index is 2.14. The van der Waals surface area contributed by atoms with Crippen LogP contribution in [0.25, 0.3) is 0 Å². The van der Waals surface area contributed by atoms with Gasteiger partial charge in [0.25, 0.3) is 0 Å². The van der Waals surface area contributed by atoms with Gasteiger partial charge in [0.15, 0.2) is 0 Å². The van der Waals surface area contributed by atoms with Gasteiger partial charge in [-0.25, -0.2) is 0 Å². The van der Waals surface area contributed by atoms with Gasteiger partial charge in [0, 0.05) is 23.2 Å². The number of anilines is 1. The van der Waals surface area contributed by atoms with E-state index in [9.17, 15) is 4.79 Å². The normalized spacial score (nSPS) is 16.7. The Labute approximate surface area is 127 Å². The Morgan fingerprint density at radius 2 is 2.05 bits per heavy atom. The summed E-state index contributed by atoms with van der Waals surface area (Å²) in [7, 11) is 0. The number of hydrogen-bond acceptors (Lipinski definition) is 3. The minimum absolute atomic E-state index is 0.148. The van der Waals surface area contributed by atoms with Gasteiger partial charge in [-0.3, -0.25) is 4.79 Å². The Kier molecular flexibility index (Phi) is 5.23. The number of nitrogens with two attached hydrogens (primary N) is 1. The van der Waals surface area contributed by atoms with E-state index in [1.807, 2.05) is 25.1 Å². The van der Waals surface area contributed by atoms with Crippen molar-refractivity contribution in [1.29, 1.82) is 0 Å². The Morgan fingerprint density at radius 3 is 2.62 bits per heavy atom. The summed E-state index contributed by atoms with van der Waals surface area (Å²) in [6.07, 6.45) is 5.20. The zero-order valence-electron chi connectivity index (χ0n) is 13.1. The van der Waals surface area contributed by atoms with E-state index in [-0.39, 0.29) is 11.3 Å². The van der Waals surface area contributed by atoms with Crippen LogP contribution in [0.3, 0.4) is 0 Å². The molecule has 0 unspecified atom stereocenters. The van der Waals surface area contributed by atoms with Crippen LogP contribution < -0.4 is 15.8 Å². The SMILES string of the molecule is CCOc1ccc(NC(=O)C2(CC)CCCC2)cc1CN. The predicted octanol–water partition coefficient (Wildman–Crippen LogP) is 3.45. The fourth-order valence-corrected chi connectivity index (χ4v) is 3.17. The summed E-state index contributed by atoms with van der Waals surface area (Å²) < 4.78 is 5.54. The summed E-state index contributed by atoms with van der Waals surface area (Å²) in [5.74, 6) is 0.943. The Bertz CT molecular complexity index is 494. The van der Waals surface area contributed by atoms with E-state index >= 15 is 0 Å². The molecule has 0 heterocycles. The lowest BCUT2D eigenvalue weighted by atomic mass is 9.82. The molecule has 0 atom stereocenters. The summed E-state index contributed by atoms with van der Waals surface area (Å²) in [4.78, 5) is 12.6. The minimum atomic E-state index is -0.179. The quantitative estimate of drug-likeness (QED) is 0.843. The fourth-order valence-electron chi connectivity index (χ4n) is 3.17. The van der Waals surface area contributed by atoms with Gasteiger partial charge >= 0.3 is 0 Å². The van der Waals surface area contributed by atoms with Crippen LogP contribution in [0, 0.1) is 5.41 Å². The van der Waals surface area contributed by atoms with Crippen molar-refractivity contribution < 1.29 is 9.53 Å². The molecule has 0 bridgehead atoms. The first-order chi connectivity index (χ1) is 10.1. The van der Waals surface area contributed by atoms with Crippen molar-refractivity contribution in [1.82, 2.24) is 0 Å². The molecule has 0 spiro atoms. The van der Waals surface area contributed by atoms with E-state index < -0.39 is 0 Å². The second-order valence-electron chi connectivity index (χ2n) is 5.75. The molecule has 4 heteroatoms. The van der Waals surface area contributed by atoms with E-state index in [0.717, 1.165) is 49.1 Å². The number of carbonyl (C=O) groups is 1. The first-order valence-electron chi connectivity index (χ1n) is 7.92. The van der Waals surface area contributed by atoms with E-state index in [2.05, 4.69) is 12.2 Å². The molecule has 1 fully saturated rings. The molecule has 1 saturated carbocycles. The maximum Gasteiger partial charge on any atom is 0.230 e. The third-order valence-corrected chi connectivity index (χ3v) is 4.56. The maximum absolute atomic E-state index is 12.6. The third-order valence-electron chi connectivity index (χ3n) is 4.56. The van der Waals surface area contributed by atoms with Gasteiger partial charge in [0.05, 0.1) is 6.61 Å². The summed E-state index contributed by atoms with van der Waals surface area (Å²) in [5, 5.41) is 3.07. The molecule has 0 saturated heterocycles. The molecular weight excluding hydrogens is 264 g/mol. The van der Waals surface area contributed by atoms with Crippen molar-refractivity contribution in [3.63, 3.8) is 0 Å². The maximum atomic E-state index is 12.6. The fraction of sp³-hybridized carbons (Fsp3) is 0.588. The van der Waals surface area contributed by atoms with Crippen LogP contribution in [0.4, 0.5) is 5.69 Å². The topological polar surface area (TPSA) is 64.3 Å². The van der Waals surface area contributed by atoms with Crippen molar-refractivity contribution in [2.75, 3.05) is 11.9 Å². The number of ether oxygens (including phenoxy) is 1. The highest BCUT2D eigenvalue weighted by Gasteiger charge is 2.39. The lowest BCUT2D eigenvalue weighted by molar-refractivity contribution is -0.125. The highest BCUT2D eigenvalue weighted by Crippen LogP contribution is 2.42. The number of rotatable bonds is 6. The molecule has 0 aliphatic heterocycles. The molecule has 21 heavy (non-hydrogen) atoms. The molecule has 3 N–H and O–H groups in total. The molecule has 1 aromatic rings. The second kappa shape index (κ2) is 6.94. The Hall–Kier alpha value is -1.55. The largest absolute Gasteiger partial charge is 0.494 e. The standard InChI is InChI=1S/C17H26N2O2/c1-3-17(9-5-6-10-17)16(20)19-14-7-8-15(21-4-2)13(11-14)12-18/h7-8,11H,3-6,9-10,12,18H2,1-2H3,(H,19,20). The van der Waals surface area contributed by atoms with Gasteiger partial charge in [-0.05, 0) is 44.4 Å². The van der Waals surface area contributed by atoms with Gasteiger partial charge in [0.1, 0.15) is 5.75 Å². The lowest BCUT2D eigenvalue weighted by Crippen LogP contribution is -2.33. The van der Waals surface area contributed by atoms with Gasteiger partial charge in [-0.15, -0.1) is 0 Å². The molecule has 0 aromatic heterocycles. The van der Waals surface area contributed by atoms with Crippen molar-refractivity contribution >= 4 is 11.6 Å². The first kappa shape index (κ1) is 15.8. The van der Waals surface area contributed by atoms with Gasteiger partial charge in [-0.1, -0.05) is 19.8 Å². The van der Waals surface area contributed by atoms with E-state index in [4.69, 9.17) is 10.5 Å². The van der Waals surface area contributed by atoms with Crippen LogP contribution >= 0.6 is 0 Å². The molecular formula is C17H26N2O2. The van der Waals surface area contributed by atoms with E-state index in [0.29, 0.717) is 13.2 Å². The molecule has 1 aliphatic rings. The molecule has 4 nitrogen and oxygen atoms in total. The van der Waals surface area contributed by atoms with Crippen LogP contribution in [0.2, 0.25) is 0 Å². The van der Waals surface area contributed by atoms with E-state index in [1.165, 1.54) is 0 Å². The number of amides is 1.